The normalized spacial score (nSPS) is 14.7. The first-order valence-electron chi connectivity index (χ1n) is 9.68. The number of hydrogen-bond donors (Lipinski definition) is 1. The van der Waals surface area contributed by atoms with Crippen molar-refractivity contribution in [2.75, 3.05) is 38.0 Å². The van der Waals surface area contributed by atoms with Crippen molar-refractivity contribution in [1.29, 1.82) is 0 Å². The number of carbonyl (C=O) groups excluding carboxylic acids is 2. The van der Waals surface area contributed by atoms with Crippen LogP contribution in [0.3, 0.4) is 0 Å². The Morgan fingerprint density at radius 1 is 0.964 bits per heavy atom. The minimum atomic E-state index is -0.349. The first-order chi connectivity index (χ1) is 13.6. The molecule has 2 amide bonds. The van der Waals surface area contributed by atoms with Crippen LogP contribution in [0.2, 0.25) is 0 Å². The van der Waals surface area contributed by atoms with Gasteiger partial charge in [0.15, 0.2) is 0 Å². The van der Waals surface area contributed by atoms with Crippen LogP contribution in [0.15, 0.2) is 48.5 Å². The van der Waals surface area contributed by atoms with Gasteiger partial charge in [-0.1, -0.05) is 43.3 Å². The van der Waals surface area contributed by atoms with Gasteiger partial charge in [-0.15, -0.1) is 0 Å². The number of para-hydroxylation sites is 1. The summed E-state index contributed by atoms with van der Waals surface area (Å²) in [5, 5.41) is 2.98. The van der Waals surface area contributed by atoms with Gasteiger partial charge in [-0.3, -0.25) is 14.5 Å². The molecule has 1 heterocycles. The van der Waals surface area contributed by atoms with Crippen molar-refractivity contribution in [2.24, 2.45) is 0 Å². The Morgan fingerprint density at radius 2 is 1.61 bits per heavy atom. The number of aryl methyl sites for hydroxylation is 1. The number of anilines is 1. The number of rotatable bonds is 6. The molecule has 0 aromatic heterocycles. The average Bonchev–Trinajstić information content (AvgIpc) is 2.70. The largest absolute Gasteiger partial charge is 0.340 e. The van der Waals surface area contributed by atoms with E-state index in [4.69, 9.17) is 0 Å². The van der Waals surface area contributed by atoms with Crippen LogP contribution >= 0.6 is 0 Å². The van der Waals surface area contributed by atoms with Crippen LogP contribution in [0.1, 0.15) is 18.1 Å². The van der Waals surface area contributed by atoms with Crippen molar-refractivity contribution >= 4 is 17.5 Å². The third-order valence-electron chi connectivity index (χ3n) is 5.06. The van der Waals surface area contributed by atoms with E-state index in [1.807, 2.05) is 29.2 Å². The highest BCUT2D eigenvalue weighted by Crippen LogP contribution is 2.15. The minimum Gasteiger partial charge on any atom is -0.340 e. The Labute approximate surface area is 165 Å². The molecule has 5 nitrogen and oxygen atoms in total. The molecular weight excluding hydrogens is 357 g/mol. The van der Waals surface area contributed by atoms with Gasteiger partial charge in [0, 0.05) is 31.9 Å². The number of hydrogen-bond acceptors (Lipinski definition) is 3. The van der Waals surface area contributed by atoms with Gasteiger partial charge in [-0.25, -0.2) is 4.39 Å². The zero-order valence-electron chi connectivity index (χ0n) is 16.2. The van der Waals surface area contributed by atoms with Crippen LogP contribution in [0.5, 0.6) is 0 Å². The molecule has 1 N–H and O–H groups in total. The number of amides is 2. The van der Waals surface area contributed by atoms with E-state index in [0.717, 1.165) is 17.7 Å². The van der Waals surface area contributed by atoms with Gasteiger partial charge in [0.1, 0.15) is 5.82 Å². The number of carbonyl (C=O) groups is 2. The smallest absolute Gasteiger partial charge is 0.238 e. The molecule has 0 unspecified atom stereocenters. The molecule has 1 aliphatic heterocycles. The fourth-order valence-corrected chi connectivity index (χ4v) is 3.42. The van der Waals surface area contributed by atoms with Crippen molar-refractivity contribution in [1.82, 2.24) is 9.80 Å². The Balaban J connectivity index is 1.46. The number of nitrogens with one attached hydrogen (secondary N) is 1. The lowest BCUT2D eigenvalue weighted by atomic mass is 10.1. The number of benzene rings is 2. The number of nitrogens with zero attached hydrogens (tertiary/aromatic N) is 2. The lowest BCUT2D eigenvalue weighted by Gasteiger charge is -2.34. The van der Waals surface area contributed by atoms with E-state index in [1.165, 1.54) is 6.07 Å². The third-order valence-corrected chi connectivity index (χ3v) is 5.06. The van der Waals surface area contributed by atoms with Gasteiger partial charge in [0.05, 0.1) is 13.0 Å². The quantitative estimate of drug-likeness (QED) is 0.835. The monoisotopic (exact) mass is 383 g/mol. The molecule has 0 saturated carbocycles. The molecule has 0 atom stereocenters. The Kier molecular flexibility index (Phi) is 6.76. The second-order valence-electron chi connectivity index (χ2n) is 6.98. The maximum atomic E-state index is 13.7. The van der Waals surface area contributed by atoms with Crippen molar-refractivity contribution in [3.8, 4) is 0 Å². The van der Waals surface area contributed by atoms with Crippen LogP contribution in [0.4, 0.5) is 10.1 Å². The zero-order valence-corrected chi connectivity index (χ0v) is 16.2. The highest BCUT2D eigenvalue weighted by atomic mass is 19.1. The second-order valence-corrected chi connectivity index (χ2v) is 6.98. The molecule has 148 valence electrons. The lowest BCUT2D eigenvalue weighted by Crippen LogP contribution is -2.50. The van der Waals surface area contributed by atoms with Crippen molar-refractivity contribution in [3.63, 3.8) is 0 Å². The molecule has 1 aliphatic rings. The van der Waals surface area contributed by atoms with Gasteiger partial charge >= 0.3 is 0 Å². The Morgan fingerprint density at radius 3 is 2.29 bits per heavy atom. The molecule has 28 heavy (non-hydrogen) atoms. The summed E-state index contributed by atoms with van der Waals surface area (Å²) in [7, 11) is 0. The Bertz CT molecular complexity index is 832. The summed E-state index contributed by atoms with van der Waals surface area (Å²) < 4.78 is 13.7. The Hall–Kier alpha value is -2.73. The van der Waals surface area contributed by atoms with Gasteiger partial charge in [-0.05, 0) is 29.7 Å². The average molecular weight is 383 g/mol. The lowest BCUT2D eigenvalue weighted by molar-refractivity contribution is -0.132. The molecule has 0 aliphatic carbocycles. The zero-order chi connectivity index (χ0) is 19.9. The fourth-order valence-electron chi connectivity index (χ4n) is 3.42. The van der Waals surface area contributed by atoms with Gasteiger partial charge in [0.25, 0.3) is 0 Å². The first kappa shape index (κ1) is 20.0. The van der Waals surface area contributed by atoms with Crippen LogP contribution in [0.25, 0.3) is 0 Å². The topological polar surface area (TPSA) is 52.7 Å². The number of piperazine rings is 1. The summed E-state index contributed by atoms with van der Waals surface area (Å²) in [5.41, 5.74) is 2.39. The van der Waals surface area contributed by atoms with E-state index < -0.39 is 0 Å². The predicted molar refractivity (Wildman–Crippen MR) is 108 cm³/mol. The van der Waals surface area contributed by atoms with Gasteiger partial charge < -0.3 is 10.2 Å². The predicted octanol–water partition coefficient (Wildman–Crippen LogP) is 2.71. The molecule has 1 saturated heterocycles. The van der Waals surface area contributed by atoms with Crippen LogP contribution in [-0.2, 0) is 22.4 Å². The molecule has 2 aromatic carbocycles. The highest BCUT2D eigenvalue weighted by molar-refractivity contribution is 5.93. The molecule has 2 aromatic rings. The van der Waals surface area contributed by atoms with Crippen LogP contribution < -0.4 is 5.32 Å². The molecule has 1 fully saturated rings. The molecule has 0 radical (unpaired) electrons. The van der Waals surface area contributed by atoms with Crippen molar-refractivity contribution < 1.29 is 14.0 Å². The van der Waals surface area contributed by atoms with Crippen LogP contribution in [-0.4, -0.2) is 54.3 Å². The first-order valence-corrected chi connectivity index (χ1v) is 9.68. The van der Waals surface area contributed by atoms with E-state index in [2.05, 4.69) is 12.2 Å². The summed E-state index contributed by atoms with van der Waals surface area (Å²) >= 11 is 0. The summed E-state index contributed by atoms with van der Waals surface area (Å²) in [6, 6.07) is 14.2. The van der Waals surface area contributed by atoms with E-state index in [0.29, 0.717) is 38.3 Å². The molecule has 3 rings (SSSR count). The summed E-state index contributed by atoms with van der Waals surface area (Å²) in [5.74, 6) is -0.475. The molecule has 0 bridgehead atoms. The molecular formula is C22H26FN3O2. The maximum absolute atomic E-state index is 13.7. The summed E-state index contributed by atoms with van der Waals surface area (Å²) in [6.07, 6.45) is 0.931. The standard InChI is InChI=1S/C22H26FN3O2/c1-2-17-7-4-6-10-20(17)24-21(27)16-25-11-13-26(14-12-25)22(28)15-18-8-3-5-9-19(18)23/h3-10H,2,11-16H2,1H3,(H,24,27). The van der Waals surface area contributed by atoms with Gasteiger partial charge in [-0.2, -0.15) is 0 Å². The van der Waals surface area contributed by atoms with E-state index >= 15 is 0 Å². The fraction of sp³-hybridized carbons (Fsp3) is 0.364. The molecule has 0 spiro atoms. The minimum absolute atomic E-state index is 0.0490. The number of halogens is 1. The third kappa shape index (κ3) is 5.16. The van der Waals surface area contributed by atoms with Crippen molar-refractivity contribution in [3.05, 3.63) is 65.5 Å². The van der Waals surface area contributed by atoms with Crippen molar-refractivity contribution in [2.45, 2.75) is 19.8 Å². The van der Waals surface area contributed by atoms with Gasteiger partial charge in [0.2, 0.25) is 11.8 Å². The highest BCUT2D eigenvalue weighted by Gasteiger charge is 2.23. The van der Waals surface area contributed by atoms with E-state index in [-0.39, 0.29) is 24.1 Å². The SMILES string of the molecule is CCc1ccccc1NC(=O)CN1CCN(C(=O)Cc2ccccc2F)CC1. The van der Waals surface area contributed by atoms with E-state index in [1.54, 1.807) is 23.1 Å². The van der Waals surface area contributed by atoms with Crippen LogP contribution in [0, 0.1) is 5.82 Å². The molecule has 6 heteroatoms. The summed E-state index contributed by atoms with van der Waals surface area (Å²) in [4.78, 5) is 28.6. The maximum Gasteiger partial charge on any atom is 0.238 e. The summed E-state index contributed by atoms with van der Waals surface area (Å²) in [6.45, 7) is 4.71. The second kappa shape index (κ2) is 9.46. The van der Waals surface area contributed by atoms with E-state index in [9.17, 15) is 14.0 Å².